The van der Waals surface area contributed by atoms with Crippen LogP contribution < -0.4 is 4.80 Å². The molecule has 1 aromatic carbocycles. The standard InChI is InChI=1S/C17H17ClN4O3S/c1-4-25-14(23)9-22-12-6-5-11(18)7-13(12)26-17(22)19-16(24)15-10(2)8-21(3)20-15/h5-8H,4,9H2,1-3H3. The van der Waals surface area contributed by atoms with Crippen molar-refractivity contribution in [3.8, 4) is 0 Å². The van der Waals surface area contributed by atoms with Gasteiger partial charge in [-0.1, -0.05) is 22.9 Å². The van der Waals surface area contributed by atoms with Gasteiger partial charge >= 0.3 is 5.97 Å². The number of carbonyl (C=O) groups excluding carboxylic acids is 2. The largest absolute Gasteiger partial charge is 0.465 e. The zero-order valence-electron chi connectivity index (χ0n) is 14.5. The van der Waals surface area contributed by atoms with Crippen molar-refractivity contribution < 1.29 is 14.3 Å². The van der Waals surface area contributed by atoms with Gasteiger partial charge in [0, 0.05) is 23.8 Å². The van der Waals surface area contributed by atoms with Gasteiger partial charge in [-0.15, -0.1) is 0 Å². The van der Waals surface area contributed by atoms with Crippen LogP contribution in [0.25, 0.3) is 10.2 Å². The number of thiazole rings is 1. The van der Waals surface area contributed by atoms with Crippen molar-refractivity contribution in [1.29, 1.82) is 0 Å². The van der Waals surface area contributed by atoms with E-state index in [9.17, 15) is 9.59 Å². The molecule has 0 spiro atoms. The van der Waals surface area contributed by atoms with E-state index in [1.165, 1.54) is 11.3 Å². The molecule has 2 heterocycles. The maximum Gasteiger partial charge on any atom is 0.326 e. The fourth-order valence-electron chi connectivity index (χ4n) is 2.58. The smallest absolute Gasteiger partial charge is 0.326 e. The van der Waals surface area contributed by atoms with Crippen molar-refractivity contribution in [2.45, 2.75) is 20.4 Å². The zero-order valence-corrected chi connectivity index (χ0v) is 16.1. The molecule has 0 bridgehead atoms. The second kappa shape index (κ2) is 7.43. The van der Waals surface area contributed by atoms with E-state index in [1.54, 1.807) is 54.5 Å². The lowest BCUT2D eigenvalue weighted by atomic mass is 10.3. The number of fused-ring (bicyclic) bond motifs is 1. The minimum absolute atomic E-state index is 0.0389. The monoisotopic (exact) mass is 392 g/mol. The van der Waals surface area contributed by atoms with E-state index < -0.39 is 11.9 Å². The predicted molar refractivity (Wildman–Crippen MR) is 99.3 cm³/mol. The van der Waals surface area contributed by atoms with E-state index in [0.717, 1.165) is 15.8 Å². The summed E-state index contributed by atoms with van der Waals surface area (Å²) < 4.78 is 9.08. The molecule has 0 saturated heterocycles. The Labute approximate surface area is 158 Å². The number of hydrogen-bond acceptors (Lipinski definition) is 5. The molecule has 0 aliphatic rings. The Balaban J connectivity index is 2.12. The summed E-state index contributed by atoms with van der Waals surface area (Å²) in [5.74, 6) is -0.858. The van der Waals surface area contributed by atoms with Crippen LogP contribution in [0, 0.1) is 6.92 Å². The first-order valence-electron chi connectivity index (χ1n) is 7.93. The number of halogens is 1. The lowest BCUT2D eigenvalue weighted by Crippen LogP contribution is -2.23. The normalized spacial score (nSPS) is 11.9. The number of benzene rings is 1. The SMILES string of the molecule is CCOC(=O)Cn1c(=NC(=O)c2nn(C)cc2C)sc2cc(Cl)ccc21. The summed E-state index contributed by atoms with van der Waals surface area (Å²) in [5.41, 5.74) is 1.78. The van der Waals surface area contributed by atoms with Crippen LogP contribution in [-0.4, -0.2) is 32.8 Å². The number of amides is 1. The summed E-state index contributed by atoms with van der Waals surface area (Å²) in [4.78, 5) is 29.1. The Morgan fingerprint density at radius 1 is 1.38 bits per heavy atom. The number of aromatic nitrogens is 3. The average molecular weight is 393 g/mol. The molecule has 0 aliphatic heterocycles. The Morgan fingerprint density at radius 2 is 2.15 bits per heavy atom. The third-order valence-electron chi connectivity index (χ3n) is 3.65. The van der Waals surface area contributed by atoms with Crippen LogP contribution in [0.4, 0.5) is 0 Å². The third kappa shape index (κ3) is 3.71. The van der Waals surface area contributed by atoms with Gasteiger partial charge in [-0.2, -0.15) is 10.1 Å². The van der Waals surface area contributed by atoms with Crippen LogP contribution in [-0.2, 0) is 23.1 Å². The highest BCUT2D eigenvalue weighted by molar-refractivity contribution is 7.16. The van der Waals surface area contributed by atoms with Gasteiger partial charge < -0.3 is 9.30 Å². The Morgan fingerprint density at radius 3 is 2.81 bits per heavy atom. The summed E-state index contributed by atoms with van der Waals surface area (Å²) in [5, 5.41) is 4.72. The topological polar surface area (TPSA) is 78.5 Å². The highest BCUT2D eigenvalue weighted by Crippen LogP contribution is 2.22. The van der Waals surface area contributed by atoms with Crippen LogP contribution in [0.1, 0.15) is 23.0 Å². The molecule has 0 atom stereocenters. The molecule has 9 heteroatoms. The molecule has 0 fully saturated rings. The van der Waals surface area contributed by atoms with Gasteiger partial charge in [0.05, 0.1) is 16.8 Å². The van der Waals surface area contributed by atoms with E-state index in [1.807, 2.05) is 0 Å². The van der Waals surface area contributed by atoms with Crippen molar-refractivity contribution in [3.05, 3.63) is 45.5 Å². The van der Waals surface area contributed by atoms with Gasteiger partial charge in [-0.25, -0.2) is 0 Å². The summed E-state index contributed by atoms with van der Waals surface area (Å²) in [6.07, 6.45) is 1.75. The van der Waals surface area contributed by atoms with Crippen molar-refractivity contribution in [3.63, 3.8) is 0 Å². The first kappa shape index (κ1) is 18.3. The number of carbonyl (C=O) groups is 2. The zero-order chi connectivity index (χ0) is 18.8. The molecular formula is C17H17ClN4O3S. The highest BCUT2D eigenvalue weighted by atomic mass is 35.5. The van der Waals surface area contributed by atoms with Crippen molar-refractivity contribution >= 4 is 45.0 Å². The van der Waals surface area contributed by atoms with Crippen molar-refractivity contribution in [2.24, 2.45) is 12.0 Å². The van der Waals surface area contributed by atoms with Gasteiger partial charge in [0.15, 0.2) is 10.5 Å². The molecule has 7 nitrogen and oxygen atoms in total. The molecule has 26 heavy (non-hydrogen) atoms. The van der Waals surface area contributed by atoms with Gasteiger partial charge in [0.2, 0.25) is 0 Å². The number of hydrogen-bond donors (Lipinski definition) is 0. The van der Waals surface area contributed by atoms with Crippen LogP contribution >= 0.6 is 22.9 Å². The fraction of sp³-hybridized carbons (Fsp3) is 0.294. The second-order valence-corrected chi connectivity index (χ2v) is 7.08. The van der Waals surface area contributed by atoms with Gasteiger partial charge in [-0.05, 0) is 32.0 Å². The highest BCUT2D eigenvalue weighted by Gasteiger charge is 2.16. The lowest BCUT2D eigenvalue weighted by molar-refractivity contribution is -0.143. The van der Waals surface area contributed by atoms with E-state index in [-0.39, 0.29) is 18.8 Å². The van der Waals surface area contributed by atoms with E-state index >= 15 is 0 Å². The molecule has 136 valence electrons. The molecule has 2 aromatic heterocycles. The average Bonchev–Trinajstić information content (AvgIpc) is 3.07. The second-order valence-electron chi connectivity index (χ2n) is 5.64. The molecule has 0 unspecified atom stereocenters. The summed E-state index contributed by atoms with van der Waals surface area (Å²) in [6, 6.07) is 5.30. The van der Waals surface area contributed by atoms with Gasteiger partial charge in [-0.3, -0.25) is 14.3 Å². The first-order chi connectivity index (χ1) is 12.4. The number of nitrogens with zero attached hydrogens (tertiary/aromatic N) is 4. The Bertz CT molecular complexity index is 1060. The number of esters is 1. The van der Waals surface area contributed by atoms with Crippen LogP contribution in [0.15, 0.2) is 29.4 Å². The summed E-state index contributed by atoms with van der Waals surface area (Å²) in [6.45, 7) is 3.79. The van der Waals surface area contributed by atoms with Crippen molar-refractivity contribution in [2.75, 3.05) is 6.61 Å². The summed E-state index contributed by atoms with van der Waals surface area (Å²) in [7, 11) is 1.74. The number of rotatable bonds is 4. The molecule has 0 radical (unpaired) electrons. The van der Waals surface area contributed by atoms with E-state index in [0.29, 0.717) is 9.82 Å². The molecule has 0 aliphatic carbocycles. The Kier molecular flexibility index (Phi) is 5.24. The maximum atomic E-state index is 12.6. The minimum Gasteiger partial charge on any atom is -0.465 e. The number of ether oxygens (including phenoxy) is 1. The van der Waals surface area contributed by atoms with E-state index in [2.05, 4.69) is 10.1 Å². The fourth-order valence-corrected chi connectivity index (χ4v) is 3.88. The molecule has 3 rings (SSSR count). The van der Waals surface area contributed by atoms with Gasteiger partial charge in [0.25, 0.3) is 5.91 Å². The van der Waals surface area contributed by atoms with Crippen LogP contribution in [0.5, 0.6) is 0 Å². The van der Waals surface area contributed by atoms with E-state index in [4.69, 9.17) is 16.3 Å². The molecule has 0 N–H and O–H groups in total. The third-order valence-corrected chi connectivity index (χ3v) is 4.93. The Hall–Kier alpha value is -2.45. The summed E-state index contributed by atoms with van der Waals surface area (Å²) >= 11 is 7.34. The van der Waals surface area contributed by atoms with Crippen LogP contribution in [0.3, 0.4) is 0 Å². The number of aryl methyl sites for hydroxylation is 2. The molecular weight excluding hydrogens is 376 g/mol. The predicted octanol–water partition coefficient (Wildman–Crippen LogP) is 2.70. The maximum absolute atomic E-state index is 12.6. The molecule has 0 saturated carbocycles. The first-order valence-corrected chi connectivity index (χ1v) is 9.12. The van der Waals surface area contributed by atoms with Crippen molar-refractivity contribution in [1.82, 2.24) is 14.3 Å². The van der Waals surface area contributed by atoms with Gasteiger partial charge in [0.1, 0.15) is 6.54 Å². The molecule has 3 aromatic rings. The molecule has 1 amide bonds. The lowest BCUT2D eigenvalue weighted by Gasteiger charge is -2.05. The van der Waals surface area contributed by atoms with Crippen LogP contribution in [0.2, 0.25) is 5.02 Å². The quantitative estimate of drug-likeness (QED) is 0.639. The minimum atomic E-state index is -0.460.